The van der Waals surface area contributed by atoms with Gasteiger partial charge in [-0.1, -0.05) is 6.92 Å². The summed E-state index contributed by atoms with van der Waals surface area (Å²) in [5.41, 5.74) is -1.08. The zero-order chi connectivity index (χ0) is 14.7. The number of esters is 1. The summed E-state index contributed by atoms with van der Waals surface area (Å²) in [6.45, 7) is 10.5. The first-order valence-corrected chi connectivity index (χ1v) is 6.89. The lowest BCUT2D eigenvalue weighted by Gasteiger charge is -2.27. The molecule has 1 saturated heterocycles. The van der Waals surface area contributed by atoms with Gasteiger partial charge in [0.05, 0.1) is 12.0 Å². The van der Waals surface area contributed by atoms with Crippen molar-refractivity contribution < 1.29 is 19.1 Å². The number of nitrogens with zero attached hydrogens (tertiary/aromatic N) is 1. The number of carbonyl (C=O) groups excluding carboxylic acids is 2. The van der Waals surface area contributed by atoms with E-state index >= 15 is 0 Å². The fourth-order valence-corrected chi connectivity index (χ4v) is 2.24. The maximum Gasteiger partial charge on any atom is 0.410 e. The van der Waals surface area contributed by atoms with Crippen LogP contribution >= 0.6 is 0 Å². The Morgan fingerprint density at radius 1 is 1.26 bits per heavy atom. The van der Waals surface area contributed by atoms with Gasteiger partial charge >= 0.3 is 12.1 Å². The van der Waals surface area contributed by atoms with E-state index in [4.69, 9.17) is 9.47 Å². The van der Waals surface area contributed by atoms with Gasteiger partial charge in [-0.2, -0.15) is 0 Å². The van der Waals surface area contributed by atoms with Crippen LogP contribution in [0, 0.1) is 5.41 Å². The van der Waals surface area contributed by atoms with E-state index < -0.39 is 11.0 Å². The van der Waals surface area contributed by atoms with E-state index in [0.717, 1.165) is 0 Å². The van der Waals surface area contributed by atoms with Crippen LogP contribution in [0.15, 0.2) is 0 Å². The van der Waals surface area contributed by atoms with E-state index in [-0.39, 0.29) is 12.1 Å². The van der Waals surface area contributed by atoms with E-state index in [2.05, 4.69) is 0 Å². The first-order valence-electron chi connectivity index (χ1n) is 6.89. The van der Waals surface area contributed by atoms with Gasteiger partial charge in [0.15, 0.2) is 0 Å². The number of rotatable bonds is 3. The zero-order valence-corrected chi connectivity index (χ0v) is 12.6. The van der Waals surface area contributed by atoms with Gasteiger partial charge in [0.25, 0.3) is 0 Å². The molecule has 0 spiro atoms. The molecule has 0 aromatic carbocycles. The van der Waals surface area contributed by atoms with Gasteiger partial charge in [-0.05, 0) is 40.5 Å². The molecule has 1 unspecified atom stereocenters. The Balaban J connectivity index is 2.70. The number of hydrogen-bond donors (Lipinski definition) is 0. The molecule has 0 aromatic heterocycles. The predicted molar refractivity (Wildman–Crippen MR) is 71.8 cm³/mol. The highest BCUT2D eigenvalue weighted by Crippen LogP contribution is 2.35. The second-order valence-electron chi connectivity index (χ2n) is 6.01. The third-order valence-corrected chi connectivity index (χ3v) is 3.39. The lowest BCUT2D eigenvalue weighted by molar-refractivity contribution is -0.154. The highest BCUT2D eigenvalue weighted by Gasteiger charge is 2.46. The van der Waals surface area contributed by atoms with Crippen LogP contribution < -0.4 is 0 Å². The normalized spacial score (nSPS) is 23.3. The summed E-state index contributed by atoms with van der Waals surface area (Å²) in [6.07, 6.45) is 0.958. The van der Waals surface area contributed by atoms with E-state index in [1.807, 2.05) is 27.7 Å². The second kappa shape index (κ2) is 5.80. The van der Waals surface area contributed by atoms with Gasteiger partial charge in [-0.3, -0.25) is 4.79 Å². The molecule has 1 atom stereocenters. The third-order valence-electron chi connectivity index (χ3n) is 3.39. The van der Waals surface area contributed by atoms with Crippen molar-refractivity contribution in [2.75, 3.05) is 19.7 Å². The molecule has 0 aromatic rings. The molecular formula is C14H25NO4. The molecule has 1 rings (SSSR count). The minimum atomic E-state index is -0.563. The zero-order valence-electron chi connectivity index (χ0n) is 12.6. The topological polar surface area (TPSA) is 55.8 Å². The quantitative estimate of drug-likeness (QED) is 0.740. The van der Waals surface area contributed by atoms with Crippen LogP contribution in [0.4, 0.5) is 4.79 Å². The average Bonchev–Trinajstić information content (AvgIpc) is 2.72. The second-order valence-corrected chi connectivity index (χ2v) is 6.01. The summed E-state index contributed by atoms with van der Waals surface area (Å²) >= 11 is 0. The molecule has 0 bridgehead atoms. The Labute approximate surface area is 115 Å². The van der Waals surface area contributed by atoms with E-state index in [1.54, 1.807) is 11.8 Å². The molecule has 0 saturated carbocycles. The molecule has 0 aliphatic carbocycles. The minimum absolute atomic E-state index is 0.205. The van der Waals surface area contributed by atoms with Gasteiger partial charge in [0, 0.05) is 13.1 Å². The highest BCUT2D eigenvalue weighted by molar-refractivity contribution is 5.79. The molecule has 1 heterocycles. The number of hydrogen-bond acceptors (Lipinski definition) is 4. The Kier molecular flexibility index (Phi) is 4.82. The fraction of sp³-hybridized carbons (Fsp3) is 0.857. The third kappa shape index (κ3) is 3.85. The Morgan fingerprint density at radius 3 is 2.37 bits per heavy atom. The lowest BCUT2D eigenvalue weighted by atomic mass is 9.84. The first kappa shape index (κ1) is 15.8. The van der Waals surface area contributed by atoms with E-state index in [1.165, 1.54) is 0 Å². The fourth-order valence-electron chi connectivity index (χ4n) is 2.24. The average molecular weight is 271 g/mol. The maximum absolute atomic E-state index is 12.1. The first-order chi connectivity index (χ1) is 8.74. The van der Waals surface area contributed by atoms with Crippen molar-refractivity contribution >= 4 is 12.1 Å². The largest absolute Gasteiger partial charge is 0.466 e. The standard InChI is InChI=1S/C14H25NO4/c1-6-14(11(16)18-7-2)8-9-15(10-14)12(17)19-13(3,4)5/h6-10H2,1-5H3. The van der Waals surface area contributed by atoms with Crippen LogP contribution in [-0.4, -0.2) is 42.3 Å². The Bertz CT molecular complexity index is 348. The summed E-state index contributed by atoms with van der Waals surface area (Å²) in [4.78, 5) is 25.7. The van der Waals surface area contributed by atoms with Gasteiger partial charge in [-0.25, -0.2) is 4.79 Å². The smallest absolute Gasteiger partial charge is 0.410 e. The van der Waals surface area contributed by atoms with E-state index in [0.29, 0.717) is 32.5 Å². The number of carbonyl (C=O) groups is 2. The molecule has 1 aliphatic rings. The van der Waals surface area contributed by atoms with Gasteiger partial charge < -0.3 is 14.4 Å². The lowest BCUT2D eigenvalue weighted by Crippen LogP contribution is -2.40. The molecule has 1 amide bonds. The van der Waals surface area contributed by atoms with Crippen molar-refractivity contribution in [3.05, 3.63) is 0 Å². The summed E-state index contributed by atoms with van der Waals surface area (Å²) in [6, 6.07) is 0. The van der Waals surface area contributed by atoms with Crippen LogP contribution in [0.5, 0.6) is 0 Å². The maximum atomic E-state index is 12.1. The molecule has 110 valence electrons. The molecule has 1 fully saturated rings. The van der Waals surface area contributed by atoms with Crippen LogP contribution in [0.2, 0.25) is 0 Å². The molecule has 1 aliphatic heterocycles. The molecule has 19 heavy (non-hydrogen) atoms. The van der Waals surface area contributed by atoms with Gasteiger partial charge in [0.1, 0.15) is 5.60 Å². The van der Waals surface area contributed by atoms with Crippen LogP contribution in [0.25, 0.3) is 0 Å². The Morgan fingerprint density at radius 2 is 1.89 bits per heavy atom. The van der Waals surface area contributed by atoms with Crippen LogP contribution in [-0.2, 0) is 14.3 Å². The summed E-state index contributed by atoms with van der Waals surface area (Å²) in [7, 11) is 0. The predicted octanol–water partition coefficient (Wildman–Crippen LogP) is 2.59. The SMILES string of the molecule is CCOC(=O)C1(CC)CCN(C(=O)OC(C)(C)C)C1. The van der Waals surface area contributed by atoms with Crippen LogP contribution in [0.3, 0.4) is 0 Å². The number of ether oxygens (including phenoxy) is 2. The van der Waals surface area contributed by atoms with Gasteiger partial charge in [0.2, 0.25) is 0 Å². The van der Waals surface area contributed by atoms with Crippen molar-refractivity contribution in [3.63, 3.8) is 0 Å². The molecule has 5 nitrogen and oxygen atoms in total. The van der Waals surface area contributed by atoms with Crippen molar-refractivity contribution in [1.29, 1.82) is 0 Å². The van der Waals surface area contributed by atoms with Crippen molar-refractivity contribution in [1.82, 2.24) is 4.90 Å². The highest BCUT2D eigenvalue weighted by atomic mass is 16.6. The summed E-state index contributed by atoms with van der Waals surface area (Å²) in [5, 5.41) is 0. The number of amides is 1. The molecular weight excluding hydrogens is 246 g/mol. The molecule has 0 radical (unpaired) electrons. The molecule has 0 N–H and O–H groups in total. The number of likely N-dealkylation sites (tertiary alicyclic amines) is 1. The van der Waals surface area contributed by atoms with Crippen molar-refractivity contribution in [2.45, 2.75) is 53.1 Å². The summed E-state index contributed by atoms with van der Waals surface area (Å²) in [5.74, 6) is -0.205. The molecule has 5 heteroatoms. The van der Waals surface area contributed by atoms with Gasteiger partial charge in [-0.15, -0.1) is 0 Å². The van der Waals surface area contributed by atoms with Crippen molar-refractivity contribution in [3.8, 4) is 0 Å². The minimum Gasteiger partial charge on any atom is -0.466 e. The van der Waals surface area contributed by atoms with Crippen LogP contribution in [0.1, 0.15) is 47.5 Å². The monoisotopic (exact) mass is 271 g/mol. The Hall–Kier alpha value is -1.26. The van der Waals surface area contributed by atoms with E-state index in [9.17, 15) is 9.59 Å². The van der Waals surface area contributed by atoms with Crippen molar-refractivity contribution in [2.24, 2.45) is 5.41 Å². The summed E-state index contributed by atoms with van der Waals surface area (Å²) < 4.78 is 10.5.